The Hall–Kier alpha value is -2.13. The molecular weight excluding hydrogens is 272 g/mol. The third kappa shape index (κ3) is 2.90. The first-order valence-corrected chi connectivity index (χ1v) is 7.98. The molecule has 0 saturated carbocycles. The van der Waals surface area contributed by atoms with Crippen molar-refractivity contribution in [2.75, 3.05) is 6.54 Å². The highest BCUT2D eigenvalue weighted by Crippen LogP contribution is 2.32. The van der Waals surface area contributed by atoms with Crippen molar-refractivity contribution in [1.82, 2.24) is 10.2 Å². The zero-order valence-electron chi connectivity index (χ0n) is 13.0. The fourth-order valence-electron chi connectivity index (χ4n) is 2.96. The number of nitrogens with zero attached hydrogens (tertiary/aromatic N) is 1. The minimum atomic E-state index is -0.0181. The van der Waals surface area contributed by atoms with Crippen molar-refractivity contribution < 1.29 is 4.79 Å². The number of unbranched alkanes of at least 4 members (excludes halogenated alkanes) is 1. The van der Waals surface area contributed by atoms with Crippen LogP contribution in [-0.4, -0.2) is 17.4 Å². The molecule has 0 radical (unpaired) electrons. The highest BCUT2D eigenvalue weighted by Gasteiger charge is 2.35. The van der Waals surface area contributed by atoms with Gasteiger partial charge in [-0.15, -0.1) is 0 Å². The number of hydrogen-bond acceptors (Lipinski definition) is 2. The summed E-state index contributed by atoms with van der Waals surface area (Å²) in [4.78, 5) is 14.6. The maximum Gasteiger partial charge on any atom is 0.255 e. The molecule has 22 heavy (non-hydrogen) atoms. The van der Waals surface area contributed by atoms with Gasteiger partial charge >= 0.3 is 0 Å². The summed E-state index contributed by atoms with van der Waals surface area (Å²) in [5, 5.41) is 3.55. The van der Waals surface area contributed by atoms with Gasteiger partial charge in [-0.05, 0) is 18.1 Å². The Labute approximate surface area is 132 Å². The molecule has 0 spiro atoms. The van der Waals surface area contributed by atoms with Gasteiger partial charge in [0.05, 0.1) is 0 Å². The van der Waals surface area contributed by atoms with Gasteiger partial charge in [0.2, 0.25) is 0 Å². The van der Waals surface area contributed by atoms with Gasteiger partial charge in [0.25, 0.3) is 5.91 Å². The van der Waals surface area contributed by atoms with E-state index in [1.165, 1.54) is 5.56 Å². The molecule has 0 unspecified atom stereocenters. The maximum atomic E-state index is 12.6. The van der Waals surface area contributed by atoms with Crippen LogP contribution in [0.1, 0.15) is 47.4 Å². The standard InChI is InChI=1S/C19H22N2O/c1-2-3-13-21-18(20-14-15-9-5-4-6-10-15)16-11-7-8-12-17(16)19(21)22/h4-12,18,20H,2-3,13-14H2,1H3/t18-/m0/s1. The van der Waals surface area contributed by atoms with Crippen molar-refractivity contribution in [3.05, 3.63) is 71.3 Å². The molecule has 2 aromatic carbocycles. The van der Waals surface area contributed by atoms with Crippen molar-refractivity contribution in [2.24, 2.45) is 0 Å². The molecule has 0 aliphatic carbocycles. The summed E-state index contributed by atoms with van der Waals surface area (Å²) < 4.78 is 0. The van der Waals surface area contributed by atoms with Crippen molar-refractivity contribution >= 4 is 5.91 Å². The fraction of sp³-hybridized carbons (Fsp3) is 0.316. The number of rotatable bonds is 6. The second-order valence-electron chi connectivity index (χ2n) is 5.71. The number of carbonyl (C=O) groups excluding carboxylic acids is 1. The van der Waals surface area contributed by atoms with Crippen molar-refractivity contribution in [1.29, 1.82) is 0 Å². The number of carbonyl (C=O) groups is 1. The van der Waals surface area contributed by atoms with Crippen LogP contribution < -0.4 is 5.32 Å². The summed E-state index contributed by atoms with van der Waals surface area (Å²) in [5.41, 5.74) is 3.17. The Morgan fingerprint density at radius 1 is 1.05 bits per heavy atom. The van der Waals surface area contributed by atoms with Crippen LogP contribution in [0.2, 0.25) is 0 Å². The predicted molar refractivity (Wildman–Crippen MR) is 88.4 cm³/mol. The van der Waals surface area contributed by atoms with Crippen molar-refractivity contribution in [3.63, 3.8) is 0 Å². The lowest BCUT2D eigenvalue weighted by molar-refractivity contribution is 0.0690. The van der Waals surface area contributed by atoms with Gasteiger partial charge in [0, 0.05) is 24.2 Å². The third-order valence-corrected chi connectivity index (χ3v) is 4.15. The molecule has 0 bridgehead atoms. The summed E-state index contributed by atoms with van der Waals surface area (Å²) in [6.45, 7) is 3.71. The van der Waals surface area contributed by atoms with Gasteiger partial charge in [-0.3, -0.25) is 10.1 Å². The molecule has 3 rings (SSSR count). The molecule has 1 atom stereocenters. The summed E-state index contributed by atoms with van der Waals surface area (Å²) in [6.07, 6.45) is 2.10. The minimum Gasteiger partial charge on any atom is -0.319 e. The molecule has 3 nitrogen and oxygen atoms in total. The smallest absolute Gasteiger partial charge is 0.255 e. The largest absolute Gasteiger partial charge is 0.319 e. The number of benzene rings is 2. The average Bonchev–Trinajstić information content (AvgIpc) is 2.84. The first-order valence-electron chi connectivity index (χ1n) is 7.98. The van der Waals surface area contributed by atoms with Crippen LogP contribution in [0.25, 0.3) is 0 Å². The Balaban J connectivity index is 1.80. The molecule has 0 saturated heterocycles. The van der Waals surface area contributed by atoms with E-state index in [4.69, 9.17) is 0 Å². The summed E-state index contributed by atoms with van der Waals surface area (Å²) in [6, 6.07) is 18.2. The van der Waals surface area contributed by atoms with Crippen LogP contribution in [0.4, 0.5) is 0 Å². The monoisotopic (exact) mass is 294 g/mol. The molecule has 1 heterocycles. The van der Waals surface area contributed by atoms with E-state index < -0.39 is 0 Å². The molecule has 0 aromatic heterocycles. The van der Waals surface area contributed by atoms with E-state index in [-0.39, 0.29) is 12.1 Å². The van der Waals surface area contributed by atoms with E-state index in [1.807, 2.05) is 41.3 Å². The molecule has 2 aromatic rings. The van der Waals surface area contributed by atoms with Crippen molar-refractivity contribution in [2.45, 2.75) is 32.5 Å². The first-order chi connectivity index (χ1) is 10.8. The normalized spacial score (nSPS) is 16.9. The predicted octanol–water partition coefficient (Wildman–Crippen LogP) is 3.73. The minimum absolute atomic E-state index is 0.0181. The Morgan fingerprint density at radius 2 is 1.77 bits per heavy atom. The van der Waals surface area contributed by atoms with Gasteiger partial charge in [-0.25, -0.2) is 0 Å². The average molecular weight is 294 g/mol. The van der Waals surface area contributed by atoms with Crippen LogP contribution >= 0.6 is 0 Å². The molecule has 1 aliphatic heterocycles. The lowest BCUT2D eigenvalue weighted by Crippen LogP contribution is -2.37. The number of hydrogen-bond donors (Lipinski definition) is 1. The lowest BCUT2D eigenvalue weighted by atomic mass is 10.1. The van der Waals surface area contributed by atoms with E-state index in [0.29, 0.717) is 0 Å². The summed E-state index contributed by atoms with van der Waals surface area (Å²) in [5.74, 6) is 0.148. The zero-order valence-corrected chi connectivity index (χ0v) is 13.0. The topological polar surface area (TPSA) is 32.3 Å². The van der Waals surface area contributed by atoms with Crippen LogP contribution in [0.5, 0.6) is 0 Å². The third-order valence-electron chi connectivity index (χ3n) is 4.15. The number of fused-ring (bicyclic) bond motifs is 1. The van der Waals surface area contributed by atoms with Gasteiger partial charge in [-0.2, -0.15) is 0 Å². The molecule has 3 heteroatoms. The van der Waals surface area contributed by atoms with E-state index in [2.05, 4.69) is 30.4 Å². The SMILES string of the molecule is CCCCN1C(=O)c2ccccc2[C@H]1NCc1ccccc1. The van der Waals surface area contributed by atoms with Gasteiger partial charge in [0.1, 0.15) is 6.17 Å². The molecule has 0 fully saturated rings. The Morgan fingerprint density at radius 3 is 2.55 bits per heavy atom. The van der Waals surface area contributed by atoms with E-state index in [9.17, 15) is 4.79 Å². The summed E-state index contributed by atoms with van der Waals surface area (Å²) >= 11 is 0. The van der Waals surface area contributed by atoms with E-state index in [1.54, 1.807) is 0 Å². The van der Waals surface area contributed by atoms with E-state index >= 15 is 0 Å². The Bertz CT molecular complexity index is 639. The molecular formula is C19H22N2O. The first kappa shape index (κ1) is 14.8. The highest BCUT2D eigenvalue weighted by molar-refractivity contribution is 5.99. The Kier molecular flexibility index (Phi) is 4.54. The molecule has 114 valence electrons. The quantitative estimate of drug-likeness (QED) is 0.880. The van der Waals surface area contributed by atoms with Crippen LogP contribution in [-0.2, 0) is 6.54 Å². The highest BCUT2D eigenvalue weighted by atomic mass is 16.2. The second-order valence-corrected chi connectivity index (χ2v) is 5.71. The zero-order chi connectivity index (χ0) is 15.4. The van der Waals surface area contributed by atoms with Crippen molar-refractivity contribution in [3.8, 4) is 0 Å². The molecule has 1 amide bonds. The van der Waals surface area contributed by atoms with Gasteiger partial charge in [-0.1, -0.05) is 61.9 Å². The second kappa shape index (κ2) is 6.75. The van der Waals surface area contributed by atoms with Crippen LogP contribution in [0.15, 0.2) is 54.6 Å². The van der Waals surface area contributed by atoms with Crippen LogP contribution in [0, 0.1) is 0 Å². The van der Waals surface area contributed by atoms with Gasteiger partial charge in [0.15, 0.2) is 0 Å². The van der Waals surface area contributed by atoms with Gasteiger partial charge < -0.3 is 4.90 Å². The molecule has 1 aliphatic rings. The lowest BCUT2D eigenvalue weighted by Gasteiger charge is -2.26. The maximum absolute atomic E-state index is 12.6. The summed E-state index contributed by atoms with van der Waals surface area (Å²) in [7, 11) is 0. The fourth-order valence-corrected chi connectivity index (χ4v) is 2.96. The number of nitrogens with one attached hydrogen (secondary N) is 1. The molecule has 1 N–H and O–H groups in total. The number of amides is 1. The van der Waals surface area contributed by atoms with E-state index in [0.717, 1.165) is 37.1 Å². The van der Waals surface area contributed by atoms with Crippen LogP contribution in [0.3, 0.4) is 0 Å².